The summed E-state index contributed by atoms with van der Waals surface area (Å²) >= 11 is 0. The average molecular weight is 609 g/mol. The second kappa shape index (κ2) is 9.57. The van der Waals surface area contributed by atoms with Gasteiger partial charge in [-0.05, 0) is 74.1 Å². The molecule has 0 unspecified atom stereocenters. The molecule has 11 aromatic rings. The molecule has 2 heteroatoms. The molecule has 0 atom stereocenters. The summed E-state index contributed by atoms with van der Waals surface area (Å²) < 4.78 is 5.04. The van der Waals surface area contributed by atoms with Crippen LogP contribution in [0.15, 0.2) is 170 Å². The fraction of sp³-hybridized carbons (Fsp3) is 0. The van der Waals surface area contributed by atoms with E-state index in [1.165, 1.54) is 98.1 Å². The molecule has 0 aliphatic heterocycles. The Morgan fingerprint density at radius 2 is 0.771 bits per heavy atom. The Kier molecular flexibility index (Phi) is 5.14. The first-order valence-electron chi connectivity index (χ1n) is 16.6. The van der Waals surface area contributed by atoms with Crippen LogP contribution < -0.4 is 0 Å². The van der Waals surface area contributed by atoms with Crippen molar-refractivity contribution in [3.63, 3.8) is 0 Å². The number of benzene rings is 9. The second-order valence-corrected chi connectivity index (χ2v) is 12.9. The lowest BCUT2D eigenvalue weighted by Gasteiger charge is -2.14. The summed E-state index contributed by atoms with van der Waals surface area (Å²) in [5, 5.41) is 15.2. The Labute approximate surface area is 276 Å². The minimum absolute atomic E-state index is 1.17. The molecule has 48 heavy (non-hydrogen) atoms. The second-order valence-electron chi connectivity index (χ2n) is 12.9. The van der Waals surface area contributed by atoms with E-state index in [0.717, 1.165) is 0 Å². The van der Waals surface area contributed by atoms with Crippen LogP contribution in [-0.4, -0.2) is 9.13 Å². The molecule has 0 spiro atoms. The highest BCUT2D eigenvalue weighted by molar-refractivity contribution is 6.39. The van der Waals surface area contributed by atoms with Crippen LogP contribution in [0.25, 0.3) is 98.1 Å². The van der Waals surface area contributed by atoms with Gasteiger partial charge in [-0.3, -0.25) is 0 Å². The van der Waals surface area contributed by atoms with Gasteiger partial charge in [-0.25, -0.2) is 0 Å². The zero-order valence-corrected chi connectivity index (χ0v) is 26.1. The molecule has 0 saturated heterocycles. The fourth-order valence-electron chi connectivity index (χ4n) is 8.37. The van der Waals surface area contributed by atoms with Crippen LogP contribution in [0.1, 0.15) is 0 Å². The molecule has 2 heterocycles. The van der Waals surface area contributed by atoms with E-state index in [-0.39, 0.29) is 0 Å². The van der Waals surface area contributed by atoms with Gasteiger partial charge in [-0.2, -0.15) is 0 Å². The van der Waals surface area contributed by atoms with Gasteiger partial charge in [0.25, 0.3) is 0 Å². The minimum Gasteiger partial charge on any atom is -0.309 e. The van der Waals surface area contributed by atoms with Crippen LogP contribution >= 0.6 is 0 Å². The van der Waals surface area contributed by atoms with Gasteiger partial charge < -0.3 is 9.13 Å². The van der Waals surface area contributed by atoms with Gasteiger partial charge in [0.2, 0.25) is 0 Å². The van der Waals surface area contributed by atoms with E-state index in [9.17, 15) is 0 Å². The summed E-state index contributed by atoms with van der Waals surface area (Å²) in [6, 6.07) is 62.5. The van der Waals surface area contributed by atoms with Crippen molar-refractivity contribution in [1.82, 2.24) is 9.13 Å². The summed E-state index contributed by atoms with van der Waals surface area (Å²) in [4.78, 5) is 0. The normalized spacial score (nSPS) is 12.2. The van der Waals surface area contributed by atoms with Crippen LogP contribution in [-0.2, 0) is 0 Å². The Morgan fingerprint density at radius 3 is 1.46 bits per heavy atom. The van der Waals surface area contributed by atoms with Gasteiger partial charge in [0.1, 0.15) is 0 Å². The van der Waals surface area contributed by atoms with Gasteiger partial charge in [-0.15, -0.1) is 0 Å². The monoisotopic (exact) mass is 608 g/mol. The van der Waals surface area contributed by atoms with E-state index in [0.29, 0.717) is 0 Å². The maximum absolute atomic E-state index is 2.54. The van der Waals surface area contributed by atoms with E-state index < -0.39 is 0 Å². The Bertz CT molecular complexity index is 3120. The molecule has 2 aromatic heterocycles. The van der Waals surface area contributed by atoms with Crippen molar-refractivity contribution in [3.05, 3.63) is 170 Å². The summed E-state index contributed by atoms with van der Waals surface area (Å²) in [5.74, 6) is 0. The number of fused-ring (bicyclic) bond motifs is 14. The fourth-order valence-corrected chi connectivity index (χ4v) is 8.37. The van der Waals surface area contributed by atoms with Gasteiger partial charge in [0.15, 0.2) is 0 Å². The lowest BCUT2D eigenvalue weighted by molar-refractivity contribution is 1.18. The Hall–Kier alpha value is -6.38. The number of para-hydroxylation sites is 1. The molecule has 11 rings (SSSR count). The third kappa shape index (κ3) is 3.41. The topological polar surface area (TPSA) is 9.86 Å². The van der Waals surface area contributed by atoms with Crippen molar-refractivity contribution in [3.8, 4) is 11.4 Å². The highest BCUT2D eigenvalue weighted by Gasteiger charge is 2.25. The van der Waals surface area contributed by atoms with E-state index in [1.807, 2.05) is 0 Å². The van der Waals surface area contributed by atoms with Gasteiger partial charge in [-0.1, -0.05) is 133 Å². The van der Waals surface area contributed by atoms with Crippen molar-refractivity contribution < 1.29 is 0 Å². The first-order valence-corrected chi connectivity index (χ1v) is 16.6. The van der Waals surface area contributed by atoms with Crippen molar-refractivity contribution in [2.75, 3.05) is 0 Å². The molecule has 0 saturated carbocycles. The SMILES string of the molecule is c1ccc2cc(-n3c4ccccc4c4c3c3ccccc3c3c5c6ccccc6ccc5n(-c5ccc6ccccc6c5)c34)ccc2c1. The third-order valence-corrected chi connectivity index (χ3v) is 10.4. The first-order chi connectivity index (χ1) is 23.8. The van der Waals surface area contributed by atoms with Crippen LogP contribution in [0.5, 0.6) is 0 Å². The molecule has 0 aliphatic carbocycles. The summed E-state index contributed by atoms with van der Waals surface area (Å²) in [7, 11) is 0. The van der Waals surface area contributed by atoms with Crippen molar-refractivity contribution >= 4 is 86.7 Å². The zero-order chi connectivity index (χ0) is 31.3. The maximum atomic E-state index is 2.54. The number of rotatable bonds is 2. The van der Waals surface area contributed by atoms with Crippen LogP contribution in [0.3, 0.4) is 0 Å². The van der Waals surface area contributed by atoms with Crippen molar-refractivity contribution in [1.29, 1.82) is 0 Å². The maximum Gasteiger partial charge on any atom is 0.0648 e. The molecule has 0 radical (unpaired) electrons. The number of nitrogens with zero attached hydrogens (tertiary/aromatic N) is 2. The third-order valence-electron chi connectivity index (χ3n) is 10.4. The predicted molar refractivity (Wildman–Crippen MR) is 205 cm³/mol. The van der Waals surface area contributed by atoms with Crippen LogP contribution in [0.4, 0.5) is 0 Å². The van der Waals surface area contributed by atoms with Crippen LogP contribution in [0, 0.1) is 0 Å². The van der Waals surface area contributed by atoms with E-state index >= 15 is 0 Å². The standard InChI is InChI=1S/C46H28N2/c1-3-14-32-27-34(24-21-29(32)11-1)47-40-20-10-9-19-39(40)44-45(47)38-18-8-7-17-37(38)43-42-36-16-6-5-13-31(36)23-26-41(42)48(46(43)44)35-25-22-30-12-2-4-15-33(30)28-35/h1-28H. The van der Waals surface area contributed by atoms with Gasteiger partial charge in [0, 0.05) is 38.3 Å². The molecule has 9 aromatic carbocycles. The van der Waals surface area contributed by atoms with Crippen molar-refractivity contribution in [2.24, 2.45) is 0 Å². The smallest absolute Gasteiger partial charge is 0.0648 e. The van der Waals surface area contributed by atoms with E-state index in [4.69, 9.17) is 0 Å². The quantitative estimate of drug-likeness (QED) is 0.185. The van der Waals surface area contributed by atoms with E-state index in [1.54, 1.807) is 0 Å². The highest BCUT2D eigenvalue weighted by Crippen LogP contribution is 2.48. The molecule has 0 bridgehead atoms. The zero-order valence-electron chi connectivity index (χ0n) is 26.1. The van der Waals surface area contributed by atoms with Gasteiger partial charge in [0.05, 0.1) is 22.1 Å². The Morgan fingerprint density at radius 1 is 0.271 bits per heavy atom. The lowest BCUT2D eigenvalue weighted by atomic mass is 9.97. The molecule has 0 aliphatic rings. The number of hydrogen-bond donors (Lipinski definition) is 0. The largest absolute Gasteiger partial charge is 0.309 e. The highest BCUT2D eigenvalue weighted by atomic mass is 15.0. The summed E-state index contributed by atoms with van der Waals surface area (Å²) in [6.07, 6.45) is 0. The summed E-state index contributed by atoms with van der Waals surface area (Å²) in [6.45, 7) is 0. The molecular weight excluding hydrogens is 581 g/mol. The lowest BCUT2D eigenvalue weighted by Crippen LogP contribution is -1.97. The summed E-state index contributed by atoms with van der Waals surface area (Å²) in [5.41, 5.74) is 7.26. The number of aromatic nitrogens is 2. The molecule has 0 amide bonds. The molecule has 222 valence electrons. The predicted octanol–water partition coefficient (Wildman–Crippen LogP) is 12.5. The molecule has 2 nitrogen and oxygen atoms in total. The Balaban J connectivity index is 1.44. The van der Waals surface area contributed by atoms with Gasteiger partial charge >= 0.3 is 0 Å². The molecule has 0 fully saturated rings. The average Bonchev–Trinajstić information content (AvgIpc) is 3.69. The molecular formula is C46H28N2. The van der Waals surface area contributed by atoms with Crippen LogP contribution in [0.2, 0.25) is 0 Å². The van der Waals surface area contributed by atoms with E-state index in [2.05, 4.69) is 179 Å². The first kappa shape index (κ1) is 25.8. The van der Waals surface area contributed by atoms with Crippen molar-refractivity contribution in [2.45, 2.75) is 0 Å². The number of hydrogen-bond acceptors (Lipinski definition) is 0. The minimum atomic E-state index is 1.17. The molecule has 0 N–H and O–H groups in total.